The van der Waals surface area contributed by atoms with E-state index in [0.29, 0.717) is 5.69 Å². The van der Waals surface area contributed by atoms with Gasteiger partial charge in [0.25, 0.3) is 0 Å². The van der Waals surface area contributed by atoms with E-state index in [4.69, 9.17) is 9.47 Å². The highest BCUT2D eigenvalue weighted by molar-refractivity contribution is 7.92. The van der Waals surface area contributed by atoms with Gasteiger partial charge < -0.3 is 14.5 Å². The summed E-state index contributed by atoms with van der Waals surface area (Å²) < 4.78 is 37.1. The van der Waals surface area contributed by atoms with Crippen LogP contribution < -0.4 is 14.2 Å². The summed E-state index contributed by atoms with van der Waals surface area (Å²) in [4.78, 5) is 3.29. The van der Waals surface area contributed by atoms with Gasteiger partial charge in [0.2, 0.25) is 16.8 Å². The van der Waals surface area contributed by atoms with Crippen molar-refractivity contribution in [2.45, 2.75) is 32.1 Å². The van der Waals surface area contributed by atoms with E-state index in [-0.39, 0.29) is 12.2 Å². The van der Waals surface area contributed by atoms with Crippen molar-refractivity contribution in [3.05, 3.63) is 53.7 Å². The third kappa shape index (κ3) is 2.99. The van der Waals surface area contributed by atoms with Crippen molar-refractivity contribution in [3.8, 4) is 11.5 Å². The Labute approximate surface area is 164 Å². The maximum atomic E-state index is 11.7. The molecule has 0 aliphatic carbocycles. The molecule has 0 fully saturated rings. The first-order valence-corrected chi connectivity index (χ1v) is 11.3. The molecule has 1 aromatic heterocycles. The van der Waals surface area contributed by atoms with Crippen LogP contribution in [0.1, 0.15) is 37.8 Å². The number of aromatic nitrogens is 1. The SMILES string of the molecule is CCC(CC)(c1ccc2c(c1)OCO2)c1c[nH]c2c(NS(C)(=O)=O)cccc12. The molecule has 4 rings (SSSR count). The van der Waals surface area contributed by atoms with Gasteiger partial charge in [-0.2, -0.15) is 0 Å². The molecule has 148 valence electrons. The van der Waals surface area contributed by atoms with Gasteiger partial charge in [-0.1, -0.05) is 32.0 Å². The highest BCUT2D eigenvalue weighted by Crippen LogP contribution is 2.46. The first-order chi connectivity index (χ1) is 13.4. The van der Waals surface area contributed by atoms with Gasteiger partial charge >= 0.3 is 0 Å². The average molecular weight is 401 g/mol. The number of hydrogen-bond donors (Lipinski definition) is 2. The summed E-state index contributed by atoms with van der Waals surface area (Å²) in [6, 6.07) is 11.8. The summed E-state index contributed by atoms with van der Waals surface area (Å²) in [5.74, 6) is 1.53. The van der Waals surface area contributed by atoms with Gasteiger partial charge in [-0.25, -0.2) is 8.42 Å². The van der Waals surface area contributed by atoms with Crippen molar-refractivity contribution < 1.29 is 17.9 Å². The van der Waals surface area contributed by atoms with E-state index in [1.807, 2.05) is 24.4 Å². The number of fused-ring (bicyclic) bond motifs is 2. The van der Waals surface area contributed by atoms with Crippen LogP contribution in [0, 0.1) is 0 Å². The number of aromatic amines is 1. The van der Waals surface area contributed by atoms with Gasteiger partial charge in [0.05, 0.1) is 17.5 Å². The highest BCUT2D eigenvalue weighted by atomic mass is 32.2. The first-order valence-electron chi connectivity index (χ1n) is 9.36. The lowest BCUT2D eigenvalue weighted by Gasteiger charge is -2.32. The Morgan fingerprint density at radius 1 is 1.11 bits per heavy atom. The minimum atomic E-state index is -3.37. The predicted octanol–water partition coefficient (Wildman–Crippen LogP) is 4.37. The summed E-state index contributed by atoms with van der Waals surface area (Å²) in [6.45, 7) is 4.59. The average Bonchev–Trinajstić information content (AvgIpc) is 3.30. The number of benzene rings is 2. The molecule has 1 aliphatic heterocycles. The van der Waals surface area contributed by atoms with Gasteiger partial charge in [-0.05, 0) is 42.2 Å². The molecular formula is C21H24N2O4S. The fraction of sp³-hybridized carbons (Fsp3) is 0.333. The van der Waals surface area contributed by atoms with Gasteiger partial charge in [0.15, 0.2) is 11.5 Å². The molecular weight excluding hydrogens is 376 g/mol. The molecule has 0 radical (unpaired) electrons. The van der Waals surface area contributed by atoms with Crippen LogP contribution in [0.4, 0.5) is 5.69 Å². The molecule has 2 N–H and O–H groups in total. The second kappa shape index (κ2) is 6.74. The lowest BCUT2D eigenvalue weighted by molar-refractivity contribution is 0.174. The molecule has 7 heteroatoms. The molecule has 0 spiro atoms. The lowest BCUT2D eigenvalue weighted by atomic mass is 9.70. The molecule has 0 unspecified atom stereocenters. The van der Waals surface area contributed by atoms with Crippen molar-refractivity contribution in [2.75, 3.05) is 17.8 Å². The van der Waals surface area contributed by atoms with Crippen LogP contribution in [-0.2, 0) is 15.4 Å². The third-order valence-electron chi connectivity index (χ3n) is 5.66. The smallest absolute Gasteiger partial charge is 0.231 e. The van der Waals surface area contributed by atoms with E-state index in [0.717, 1.165) is 52.6 Å². The molecule has 2 aromatic carbocycles. The van der Waals surface area contributed by atoms with E-state index in [9.17, 15) is 8.42 Å². The number of ether oxygens (including phenoxy) is 2. The Bertz CT molecular complexity index is 1130. The quantitative estimate of drug-likeness (QED) is 0.644. The molecule has 2 heterocycles. The number of sulfonamides is 1. The zero-order chi connectivity index (χ0) is 19.9. The summed E-state index contributed by atoms with van der Waals surface area (Å²) in [5, 5.41) is 1.01. The standard InChI is InChI=1S/C21H24N2O4S/c1-4-21(5-2,14-9-10-18-19(11-14)27-13-26-18)16-12-22-20-15(16)7-6-8-17(20)23-28(3,24)25/h6-12,22-23H,4-5,13H2,1-3H3. The Kier molecular flexibility index (Phi) is 4.50. The van der Waals surface area contributed by atoms with E-state index in [2.05, 4.69) is 35.7 Å². The van der Waals surface area contributed by atoms with Crippen molar-refractivity contribution >= 4 is 26.6 Å². The van der Waals surface area contributed by atoms with Gasteiger partial charge in [-0.15, -0.1) is 0 Å². The molecule has 0 saturated heterocycles. The van der Waals surface area contributed by atoms with Crippen molar-refractivity contribution in [3.63, 3.8) is 0 Å². The Balaban J connectivity index is 1.89. The molecule has 6 nitrogen and oxygen atoms in total. The number of anilines is 1. The number of H-pyrrole nitrogens is 1. The molecule has 0 bridgehead atoms. The predicted molar refractivity (Wildman–Crippen MR) is 111 cm³/mol. The molecule has 0 amide bonds. The molecule has 28 heavy (non-hydrogen) atoms. The number of nitrogens with one attached hydrogen (secondary N) is 2. The second-order valence-electron chi connectivity index (χ2n) is 7.16. The van der Waals surface area contributed by atoms with Crippen molar-refractivity contribution in [2.24, 2.45) is 0 Å². The Morgan fingerprint density at radius 3 is 2.57 bits per heavy atom. The highest BCUT2D eigenvalue weighted by Gasteiger charge is 2.34. The molecule has 0 saturated carbocycles. The van der Waals surface area contributed by atoms with E-state index < -0.39 is 10.0 Å². The Hall–Kier alpha value is -2.67. The lowest BCUT2D eigenvalue weighted by Crippen LogP contribution is -2.25. The van der Waals surface area contributed by atoms with Crippen LogP contribution in [0.3, 0.4) is 0 Å². The summed E-state index contributed by atoms with van der Waals surface area (Å²) >= 11 is 0. The maximum absolute atomic E-state index is 11.7. The van der Waals surface area contributed by atoms with Crippen LogP contribution >= 0.6 is 0 Å². The maximum Gasteiger partial charge on any atom is 0.231 e. The van der Waals surface area contributed by atoms with Crippen molar-refractivity contribution in [1.82, 2.24) is 4.98 Å². The first kappa shape index (κ1) is 18.7. The number of para-hydroxylation sites is 1. The number of hydrogen-bond acceptors (Lipinski definition) is 4. The second-order valence-corrected chi connectivity index (χ2v) is 8.91. The zero-order valence-electron chi connectivity index (χ0n) is 16.2. The van der Waals surface area contributed by atoms with Gasteiger partial charge in [0, 0.05) is 17.0 Å². The summed E-state index contributed by atoms with van der Waals surface area (Å²) in [6.07, 6.45) is 4.93. The van der Waals surface area contributed by atoms with Gasteiger partial charge in [-0.3, -0.25) is 4.72 Å². The fourth-order valence-electron chi connectivity index (χ4n) is 4.22. The molecule has 3 aromatic rings. The van der Waals surface area contributed by atoms with Crippen LogP contribution in [0.2, 0.25) is 0 Å². The van der Waals surface area contributed by atoms with Crippen molar-refractivity contribution in [1.29, 1.82) is 0 Å². The van der Waals surface area contributed by atoms with Gasteiger partial charge in [0.1, 0.15) is 0 Å². The normalized spacial score (nSPS) is 13.8. The van der Waals surface area contributed by atoms with Crippen LogP contribution in [0.15, 0.2) is 42.6 Å². The van der Waals surface area contributed by atoms with Crippen LogP contribution in [-0.4, -0.2) is 26.5 Å². The molecule has 0 atom stereocenters. The zero-order valence-corrected chi connectivity index (χ0v) is 17.0. The van der Waals surface area contributed by atoms with E-state index in [1.54, 1.807) is 6.07 Å². The summed E-state index contributed by atoms with van der Waals surface area (Å²) in [7, 11) is -3.37. The minimum absolute atomic E-state index is 0.233. The monoisotopic (exact) mass is 400 g/mol. The largest absolute Gasteiger partial charge is 0.454 e. The topological polar surface area (TPSA) is 80.4 Å². The molecule has 1 aliphatic rings. The van der Waals surface area contributed by atoms with E-state index in [1.165, 1.54) is 0 Å². The van der Waals surface area contributed by atoms with Crippen LogP contribution in [0.25, 0.3) is 10.9 Å². The number of rotatable bonds is 6. The van der Waals surface area contributed by atoms with E-state index >= 15 is 0 Å². The Morgan fingerprint density at radius 2 is 1.86 bits per heavy atom. The third-order valence-corrected chi connectivity index (χ3v) is 6.25. The van der Waals surface area contributed by atoms with Crippen LogP contribution in [0.5, 0.6) is 11.5 Å². The fourth-order valence-corrected chi connectivity index (χ4v) is 4.79. The summed E-state index contributed by atoms with van der Waals surface area (Å²) in [5.41, 5.74) is 3.41. The minimum Gasteiger partial charge on any atom is -0.454 e.